The van der Waals surface area contributed by atoms with E-state index < -0.39 is 16.1 Å². The van der Waals surface area contributed by atoms with Crippen LogP contribution >= 0.6 is 0 Å². The Balaban J connectivity index is 0.000000153. The molecule has 43 nitrogen and oxygen atoms in total. The molecule has 4 aliphatic rings. The minimum Gasteiger partial charge on any atom is -0.461 e. The molecular formula is C91H123N27O16S. The first-order valence-electron chi connectivity index (χ1n) is 45.3. The summed E-state index contributed by atoms with van der Waals surface area (Å²) >= 11 is 0. The summed E-state index contributed by atoms with van der Waals surface area (Å²) in [6.07, 6.45) is 9.99. The Bertz CT molecular complexity index is 6250. The number of carbonyl (C=O) groups is 3. The van der Waals surface area contributed by atoms with E-state index in [-0.39, 0.29) is 116 Å². The number of fused-ring (bicyclic) bond motifs is 4. The SMILES string of the molecule is CCNC(=O)N(Cc1cccc(Cn2c(=O)[nH]c3c(N)nc(OCCOC)nc32)c1)CC1CC1.CCNC(=O)Oc1nc2c(N)nc(OCCOC)nc2n1Cc1cccc(CN(CC2CC2)C(=O)NCC)c1.COCCOc1nc(N)c2[nH]c(=O)n(Cc3cccc(CN(CC4CC4)S(C)(=O)=O)c3)c2n1.COCCOc1nc(N)c2nc(C)n(Cc3ccc(CN4CCCC4)cc3)c2n1. The van der Waals surface area contributed by atoms with Gasteiger partial charge in [-0.2, -0.15) is 49.2 Å². The van der Waals surface area contributed by atoms with Gasteiger partial charge in [0.25, 0.3) is 0 Å². The van der Waals surface area contributed by atoms with Crippen molar-refractivity contribution in [2.24, 2.45) is 17.8 Å². The fourth-order valence-electron chi connectivity index (χ4n) is 15.1. The lowest BCUT2D eigenvalue weighted by atomic mass is 10.1. The van der Waals surface area contributed by atoms with Gasteiger partial charge in [0.15, 0.2) is 56.9 Å². The average molecular weight is 1880 g/mol. The normalized spacial score (nSPS) is 13.7. The monoisotopic (exact) mass is 1880 g/mol. The first kappa shape index (κ1) is 99.1. The van der Waals surface area contributed by atoms with Crippen LogP contribution in [0.4, 0.5) is 37.7 Å². The van der Waals surface area contributed by atoms with E-state index in [1.165, 1.54) is 69.6 Å². The molecule has 16 rings (SSSR count). The van der Waals surface area contributed by atoms with E-state index in [0.717, 1.165) is 84.5 Å². The Morgan fingerprint density at radius 2 is 0.793 bits per heavy atom. The standard InChI is InChI=1S/C26H36N8O5.C23H31N7O4.C21H28N6O5S.C21H28N6O2/c1-4-28-24(35)33(14-17-9-10-17)15-18-7-6-8-19(13-18)16-34-22-20(30-25(34)39-26(36)29-5-2)21(27)31-23(32-22)38-12-11-37-3;1-3-25-22(31)29(12-15-7-8-15)13-16-5-4-6-17(11-16)14-30-20-18(26-23(30)32)19(24)27-21(28-20)34-10-9-33-2;1-31-8-9-32-20-24-18(22)17-19(25-20)27(21(28)23-17)13-16-5-3-4-15(10-16)12-26(33(2,29)30)11-14-6-7-14;1-15-23-18-19(22)24-21(29-12-11-28-2)25-20(18)27(15)14-17-7-5-16(6-8-17)13-26-9-3-4-10-26/h6-8,13,17H,4-5,9-12,14-16H2,1-3H3,(H,28,35)(H,29,36)(H2,27,31,32);4-6,11,15H,3,7-10,12-14H2,1-2H3,(H,25,31)(H,26,32)(H2,24,27,28);3-5,10,14H,6-9,11-13H2,1-2H3,(H,23,28)(H2,22,24,25);5-8H,3-4,9-14H2,1-2H3,(H2,22,24,25). The number of nitrogens with zero attached hydrogens (tertiary/aromatic N) is 18. The first-order valence-corrected chi connectivity index (χ1v) is 47.2. The maximum atomic E-state index is 12.7. The summed E-state index contributed by atoms with van der Waals surface area (Å²) in [5.41, 5.74) is 34.9. The van der Waals surface area contributed by atoms with Gasteiger partial charge in [-0.05, 0) is 154 Å². The minimum atomic E-state index is -3.32. The quantitative estimate of drug-likeness (QED) is 0.0166. The lowest BCUT2D eigenvalue weighted by molar-refractivity contribution is 0.141. The zero-order valence-corrected chi connectivity index (χ0v) is 78.7. The Morgan fingerprint density at radius 3 is 1.20 bits per heavy atom. The number of aryl methyl sites for hydroxylation is 1. The van der Waals surface area contributed by atoms with E-state index in [0.29, 0.717) is 148 Å². The van der Waals surface area contributed by atoms with E-state index in [1.54, 1.807) is 39.9 Å². The number of urea groups is 2. The molecule has 4 aromatic carbocycles. The number of hydrogen-bond donors (Lipinski definition) is 9. The van der Waals surface area contributed by atoms with Crippen LogP contribution in [-0.4, -0.2) is 264 Å². The van der Waals surface area contributed by atoms with Crippen LogP contribution in [-0.2, 0) is 81.3 Å². The highest BCUT2D eigenvalue weighted by atomic mass is 32.2. The van der Waals surface area contributed by atoms with Crippen molar-refractivity contribution >= 4 is 96.1 Å². The van der Waals surface area contributed by atoms with Gasteiger partial charge in [-0.1, -0.05) is 97.1 Å². The van der Waals surface area contributed by atoms with Crippen molar-refractivity contribution in [1.29, 1.82) is 0 Å². The first-order chi connectivity index (χ1) is 65.3. The highest BCUT2D eigenvalue weighted by Gasteiger charge is 2.32. The highest BCUT2D eigenvalue weighted by molar-refractivity contribution is 7.88. The molecule has 0 atom stereocenters. The number of H-pyrrole nitrogens is 2. The zero-order chi connectivity index (χ0) is 95.7. The van der Waals surface area contributed by atoms with Gasteiger partial charge in [0.05, 0.1) is 58.9 Å². The summed E-state index contributed by atoms with van der Waals surface area (Å²) in [5.74, 6) is 3.10. The van der Waals surface area contributed by atoms with Crippen molar-refractivity contribution in [3.63, 3.8) is 0 Å². The summed E-state index contributed by atoms with van der Waals surface area (Å²) in [5, 5.41) is 8.41. The van der Waals surface area contributed by atoms with E-state index in [4.69, 9.17) is 65.6 Å². The second-order valence-corrected chi connectivity index (χ2v) is 35.4. The van der Waals surface area contributed by atoms with Crippen molar-refractivity contribution in [3.8, 4) is 30.1 Å². The molecule has 44 heteroatoms. The topological polar surface area (TPSA) is 536 Å². The number of methoxy groups -OCH3 is 4. The van der Waals surface area contributed by atoms with Gasteiger partial charge < -0.3 is 106 Å². The van der Waals surface area contributed by atoms with Crippen LogP contribution < -0.4 is 73.9 Å². The summed E-state index contributed by atoms with van der Waals surface area (Å²) in [6.45, 7) is 20.0. The number of nitrogen functional groups attached to an aromatic ring is 4. The number of sulfonamides is 1. The van der Waals surface area contributed by atoms with Crippen molar-refractivity contribution in [2.45, 2.75) is 131 Å². The summed E-state index contributed by atoms with van der Waals surface area (Å²) < 4.78 is 80.2. The van der Waals surface area contributed by atoms with Crippen molar-refractivity contribution < 1.29 is 65.4 Å². The van der Waals surface area contributed by atoms with Crippen LogP contribution in [0.5, 0.6) is 30.1 Å². The number of benzene rings is 4. The summed E-state index contributed by atoms with van der Waals surface area (Å²) in [7, 11) is 3.00. The van der Waals surface area contributed by atoms with Gasteiger partial charge in [-0.3, -0.25) is 18.6 Å². The molecule has 135 heavy (non-hydrogen) atoms. The number of carbonyl (C=O) groups excluding carboxylic acids is 3. The number of rotatable bonds is 43. The number of amides is 5. The minimum absolute atomic E-state index is 0.0223. The van der Waals surface area contributed by atoms with Crippen molar-refractivity contribution in [1.82, 2.24) is 113 Å². The van der Waals surface area contributed by atoms with E-state index in [2.05, 4.69) is 105 Å². The molecule has 9 heterocycles. The highest BCUT2D eigenvalue weighted by Crippen LogP contribution is 2.35. The molecular weight excluding hydrogens is 1760 g/mol. The molecule has 13 N–H and O–H groups in total. The molecule has 3 saturated carbocycles. The van der Waals surface area contributed by atoms with Gasteiger partial charge in [0.1, 0.15) is 43.3 Å². The van der Waals surface area contributed by atoms with Crippen LogP contribution in [0.25, 0.3) is 44.7 Å². The Morgan fingerprint density at radius 1 is 0.430 bits per heavy atom. The maximum absolute atomic E-state index is 12.7. The van der Waals surface area contributed by atoms with E-state index >= 15 is 0 Å². The molecule has 0 unspecified atom stereocenters. The Labute approximate surface area is 781 Å². The number of likely N-dealkylation sites (tertiary alicyclic amines) is 1. The molecule has 1 saturated heterocycles. The smallest absolute Gasteiger partial charge is 0.415 e. The lowest BCUT2D eigenvalue weighted by Gasteiger charge is -2.23. The Kier molecular flexibility index (Phi) is 34.9. The number of aromatic amines is 2. The third-order valence-electron chi connectivity index (χ3n) is 22.5. The second kappa shape index (κ2) is 47.5. The van der Waals surface area contributed by atoms with Crippen LogP contribution in [0.3, 0.4) is 0 Å². The van der Waals surface area contributed by atoms with E-state index in [1.807, 2.05) is 108 Å². The predicted octanol–water partition coefficient (Wildman–Crippen LogP) is 7.58. The van der Waals surface area contributed by atoms with Crippen molar-refractivity contribution in [2.75, 3.05) is 163 Å². The number of anilines is 4. The predicted molar refractivity (Wildman–Crippen MR) is 508 cm³/mol. The molecule has 4 fully saturated rings. The third-order valence-corrected chi connectivity index (χ3v) is 23.7. The number of ether oxygens (including phenoxy) is 9. The molecule has 3 aliphatic carbocycles. The average Bonchev–Trinajstić information content (AvgIpc) is 1.64. The number of aromatic nitrogens is 16. The van der Waals surface area contributed by atoms with Gasteiger partial charge in [-0.15, -0.1) is 0 Å². The number of imidazole rings is 4. The summed E-state index contributed by atoms with van der Waals surface area (Å²) in [6, 6.07) is 32.4. The zero-order valence-electron chi connectivity index (χ0n) is 77.9. The van der Waals surface area contributed by atoms with Crippen LogP contribution in [0.2, 0.25) is 0 Å². The molecule has 0 spiro atoms. The summed E-state index contributed by atoms with van der Waals surface area (Å²) in [4.78, 5) is 118. The molecule has 724 valence electrons. The molecule has 0 bridgehead atoms. The number of nitrogens with one attached hydrogen (secondary N) is 5. The maximum Gasteiger partial charge on any atom is 0.415 e. The van der Waals surface area contributed by atoms with Crippen LogP contribution in [0.1, 0.15) is 122 Å². The second-order valence-electron chi connectivity index (χ2n) is 33.4. The van der Waals surface area contributed by atoms with Crippen LogP contribution in [0.15, 0.2) is 107 Å². The fraction of sp³-hybridized carbons (Fsp3) is 0.484. The fourth-order valence-corrected chi connectivity index (χ4v) is 16.0. The van der Waals surface area contributed by atoms with Gasteiger partial charge in [-0.25, -0.2) is 37.4 Å². The van der Waals surface area contributed by atoms with Crippen LogP contribution in [0, 0.1) is 24.7 Å². The van der Waals surface area contributed by atoms with Gasteiger partial charge >= 0.3 is 59.6 Å². The number of nitrogens with two attached hydrogens (primary N) is 4. The molecule has 0 radical (unpaired) electrons. The van der Waals surface area contributed by atoms with Crippen molar-refractivity contribution in [3.05, 3.63) is 168 Å². The van der Waals surface area contributed by atoms with Gasteiger partial charge in [0.2, 0.25) is 10.0 Å². The third kappa shape index (κ3) is 28.1. The lowest BCUT2D eigenvalue weighted by Crippen LogP contribution is -2.40. The molecule has 1 aliphatic heterocycles. The molecule has 5 amide bonds. The molecule has 8 aromatic heterocycles. The number of hydrogen-bond acceptors (Lipinski definition) is 31. The van der Waals surface area contributed by atoms with Gasteiger partial charge in [0, 0.05) is 93.9 Å². The van der Waals surface area contributed by atoms with E-state index in [9.17, 15) is 32.4 Å². The Hall–Kier alpha value is -13.4. The largest absolute Gasteiger partial charge is 0.461 e. The molecule has 12 aromatic rings.